The number of para-hydroxylation sites is 1. The Balaban J connectivity index is 2.47. The van der Waals surface area contributed by atoms with Gasteiger partial charge in [0, 0.05) is 12.2 Å². The number of nitrogens with two attached hydrogens (primary N) is 1. The van der Waals surface area contributed by atoms with Crippen LogP contribution in [0.25, 0.3) is 0 Å². The van der Waals surface area contributed by atoms with Crippen molar-refractivity contribution in [2.45, 2.75) is 26.3 Å². The lowest BCUT2D eigenvalue weighted by molar-refractivity contribution is 0.321. The molecule has 1 aromatic rings. The maximum atomic E-state index is 5.87. The summed E-state index contributed by atoms with van der Waals surface area (Å²) in [5, 5.41) is 0. The zero-order valence-corrected chi connectivity index (χ0v) is 9.16. The highest BCUT2D eigenvalue weighted by atomic mass is 15.1. The van der Waals surface area contributed by atoms with Crippen LogP contribution in [0.5, 0.6) is 0 Å². The van der Waals surface area contributed by atoms with Gasteiger partial charge in [-0.2, -0.15) is 0 Å². The lowest BCUT2D eigenvalue weighted by Crippen LogP contribution is -2.19. The van der Waals surface area contributed by atoms with E-state index in [1.165, 1.54) is 18.4 Å². The first-order chi connectivity index (χ1) is 6.74. The molecule has 0 aromatic heterocycles. The predicted octanol–water partition coefficient (Wildman–Crippen LogP) is 2.50. The Bertz CT molecular complexity index is 271. The van der Waals surface area contributed by atoms with Gasteiger partial charge in [-0.1, -0.05) is 31.5 Å². The number of nitrogen functional groups attached to an aromatic ring is 1. The fraction of sp³-hybridized carbons (Fsp3) is 0.500. The van der Waals surface area contributed by atoms with E-state index >= 15 is 0 Å². The topological polar surface area (TPSA) is 29.3 Å². The summed E-state index contributed by atoms with van der Waals surface area (Å²) in [6.07, 6.45) is 2.50. The average Bonchev–Trinajstić information content (AvgIpc) is 2.18. The van der Waals surface area contributed by atoms with Crippen LogP contribution in [0.3, 0.4) is 0 Å². The van der Waals surface area contributed by atoms with Gasteiger partial charge in [-0.15, -0.1) is 0 Å². The minimum Gasteiger partial charge on any atom is -0.398 e. The number of benzene rings is 1. The van der Waals surface area contributed by atoms with Crippen LogP contribution in [-0.2, 0) is 6.54 Å². The molecule has 0 amide bonds. The zero-order valence-electron chi connectivity index (χ0n) is 9.16. The van der Waals surface area contributed by atoms with E-state index in [-0.39, 0.29) is 0 Å². The quantitative estimate of drug-likeness (QED) is 0.726. The van der Waals surface area contributed by atoms with Gasteiger partial charge in [-0.25, -0.2) is 0 Å². The molecule has 14 heavy (non-hydrogen) atoms. The molecule has 2 N–H and O–H groups in total. The molecule has 0 unspecified atom stereocenters. The summed E-state index contributed by atoms with van der Waals surface area (Å²) in [6, 6.07) is 8.07. The van der Waals surface area contributed by atoms with Crippen LogP contribution in [0.1, 0.15) is 25.3 Å². The largest absolute Gasteiger partial charge is 0.398 e. The second-order valence-electron chi connectivity index (χ2n) is 3.79. The number of anilines is 1. The van der Waals surface area contributed by atoms with E-state index < -0.39 is 0 Å². The molecule has 0 atom stereocenters. The van der Waals surface area contributed by atoms with Gasteiger partial charge in [0.05, 0.1) is 0 Å². The molecule has 0 saturated heterocycles. The van der Waals surface area contributed by atoms with Crippen LogP contribution in [0, 0.1) is 0 Å². The van der Waals surface area contributed by atoms with E-state index in [1.54, 1.807) is 0 Å². The van der Waals surface area contributed by atoms with Crippen LogP contribution in [0.2, 0.25) is 0 Å². The fourth-order valence-electron chi connectivity index (χ4n) is 1.48. The van der Waals surface area contributed by atoms with Crippen LogP contribution >= 0.6 is 0 Å². The molecular weight excluding hydrogens is 172 g/mol. The summed E-state index contributed by atoms with van der Waals surface area (Å²) >= 11 is 0. The van der Waals surface area contributed by atoms with E-state index in [9.17, 15) is 0 Å². The standard InChI is InChI=1S/C12H20N2/c1-3-4-9-14(2)10-11-7-5-6-8-12(11)13/h5-8H,3-4,9-10,13H2,1-2H3. The smallest absolute Gasteiger partial charge is 0.0359 e. The lowest BCUT2D eigenvalue weighted by Gasteiger charge is -2.17. The molecule has 78 valence electrons. The molecule has 2 nitrogen and oxygen atoms in total. The van der Waals surface area contributed by atoms with Gasteiger partial charge in [-0.05, 0) is 31.6 Å². The highest BCUT2D eigenvalue weighted by Gasteiger charge is 2.01. The van der Waals surface area contributed by atoms with Crippen molar-refractivity contribution in [3.05, 3.63) is 29.8 Å². The SMILES string of the molecule is CCCCN(C)Cc1ccccc1N. The Morgan fingerprint density at radius 3 is 2.64 bits per heavy atom. The van der Waals surface area contributed by atoms with Gasteiger partial charge < -0.3 is 10.6 Å². The van der Waals surface area contributed by atoms with Gasteiger partial charge in [0.1, 0.15) is 0 Å². The summed E-state index contributed by atoms with van der Waals surface area (Å²) < 4.78 is 0. The van der Waals surface area contributed by atoms with E-state index in [2.05, 4.69) is 24.9 Å². The fourth-order valence-corrected chi connectivity index (χ4v) is 1.48. The number of rotatable bonds is 5. The van der Waals surface area contributed by atoms with Crippen molar-refractivity contribution in [3.8, 4) is 0 Å². The van der Waals surface area contributed by atoms with Crippen LogP contribution in [0.15, 0.2) is 24.3 Å². The van der Waals surface area contributed by atoms with Gasteiger partial charge in [-0.3, -0.25) is 0 Å². The Kier molecular flexibility index (Phi) is 4.47. The molecule has 0 heterocycles. The number of nitrogens with zero attached hydrogens (tertiary/aromatic N) is 1. The molecule has 0 bridgehead atoms. The van der Waals surface area contributed by atoms with E-state index in [0.717, 1.165) is 18.8 Å². The van der Waals surface area contributed by atoms with Crippen LogP contribution < -0.4 is 5.73 Å². The van der Waals surface area contributed by atoms with Crippen molar-refractivity contribution in [2.24, 2.45) is 0 Å². The second kappa shape index (κ2) is 5.66. The molecule has 0 aliphatic carbocycles. The zero-order chi connectivity index (χ0) is 10.4. The Morgan fingerprint density at radius 2 is 2.00 bits per heavy atom. The summed E-state index contributed by atoms with van der Waals surface area (Å²) in [4.78, 5) is 2.31. The van der Waals surface area contributed by atoms with E-state index in [0.29, 0.717) is 0 Å². The second-order valence-corrected chi connectivity index (χ2v) is 3.79. The third-order valence-electron chi connectivity index (χ3n) is 2.39. The Hall–Kier alpha value is -1.02. The molecular formula is C12H20N2. The molecule has 0 aliphatic heterocycles. The molecule has 0 radical (unpaired) electrons. The van der Waals surface area contributed by atoms with Crippen molar-refractivity contribution in [2.75, 3.05) is 19.3 Å². The highest BCUT2D eigenvalue weighted by molar-refractivity contribution is 5.46. The van der Waals surface area contributed by atoms with Crippen LogP contribution in [-0.4, -0.2) is 18.5 Å². The third kappa shape index (κ3) is 3.38. The van der Waals surface area contributed by atoms with Gasteiger partial charge in [0.2, 0.25) is 0 Å². The molecule has 2 heteroatoms. The molecule has 0 spiro atoms. The van der Waals surface area contributed by atoms with E-state index in [1.807, 2.05) is 18.2 Å². The predicted molar refractivity (Wildman–Crippen MR) is 62.1 cm³/mol. The van der Waals surface area contributed by atoms with Crippen LogP contribution in [0.4, 0.5) is 5.69 Å². The monoisotopic (exact) mass is 192 g/mol. The summed E-state index contributed by atoms with van der Waals surface area (Å²) in [7, 11) is 2.14. The summed E-state index contributed by atoms with van der Waals surface area (Å²) in [5.41, 5.74) is 8.00. The first kappa shape index (κ1) is 11.1. The first-order valence-corrected chi connectivity index (χ1v) is 5.26. The normalized spacial score (nSPS) is 10.8. The van der Waals surface area contributed by atoms with Crippen molar-refractivity contribution < 1.29 is 0 Å². The Labute approximate surface area is 86.7 Å². The molecule has 1 rings (SSSR count). The number of unbranched alkanes of at least 4 members (excludes halogenated alkanes) is 1. The minimum absolute atomic E-state index is 0.899. The number of hydrogen-bond donors (Lipinski definition) is 1. The average molecular weight is 192 g/mol. The molecule has 1 aromatic carbocycles. The van der Waals surface area contributed by atoms with Gasteiger partial charge in [0.15, 0.2) is 0 Å². The summed E-state index contributed by atoms with van der Waals surface area (Å²) in [5.74, 6) is 0. The minimum atomic E-state index is 0.899. The van der Waals surface area contributed by atoms with E-state index in [4.69, 9.17) is 5.73 Å². The van der Waals surface area contributed by atoms with Gasteiger partial charge >= 0.3 is 0 Å². The lowest BCUT2D eigenvalue weighted by atomic mass is 10.1. The maximum Gasteiger partial charge on any atom is 0.0359 e. The molecule has 0 saturated carbocycles. The van der Waals surface area contributed by atoms with Crippen molar-refractivity contribution >= 4 is 5.69 Å². The maximum absolute atomic E-state index is 5.87. The summed E-state index contributed by atoms with van der Waals surface area (Å²) in [6.45, 7) is 4.31. The van der Waals surface area contributed by atoms with Crippen molar-refractivity contribution in [1.29, 1.82) is 0 Å². The third-order valence-corrected chi connectivity index (χ3v) is 2.39. The molecule has 0 aliphatic rings. The first-order valence-electron chi connectivity index (χ1n) is 5.26. The molecule has 0 fully saturated rings. The number of hydrogen-bond acceptors (Lipinski definition) is 2. The van der Waals surface area contributed by atoms with Gasteiger partial charge in [0.25, 0.3) is 0 Å². The van der Waals surface area contributed by atoms with Crippen molar-refractivity contribution in [1.82, 2.24) is 4.90 Å². The highest BCUT2D eigenvalue weighted by Crippen LogP contribution is 2.12. The van der Waals surface area contributed by atoms with Crippen molar-refractivity contribution in [3.63, 3.8) is 0 Å². The Morgan fingerprint density at radius 1 is 1.29 bits per heavy atom.